The van der Waals surface area contributed by atoms with Gasteiger partial charge in [-0.2, -0.15) is 0 Å². The van der Waals surface area contributed by atoms with Gasteiger partial charge in [0.15, 0.2) is 6.35 Å². The summed E-state index contributed by atoms with van der Waals surface area (Å²) in [5.74, 6) is 1.42. The molecule has 0 radical (unpaired) electrons. The molecule has 44 heavy (non-hydrogen) atoms. The maximum absolute atomic E-state index is 14.0. The second kappa shape index (κ2) is 16.3. The van der Waals surface area contributed by atoms with Crippen LogP contribution in [0.25, 0.3) is 0 Å². The highest BCUT2D eigenvalue weighted by atomic mass is 79.9. The molecule has 3 saturated carbocycles. The monoisotopic (exact) mass is 693 g/mol. The number of aromatic hydroxyl groups is 1. The van der Waals surface area contributed by atoms with E-state index in [1.807, 2.05) is 6.07 Å². The van der Waals surface area contributed by atoms with Gasteiger partial charge in [-0.05, 0) is 103 Å². The highest BCUT2D eigenvalue weighted by Gasteiger charge is 2.36. The Morgan fingerprint density at radius 1 is 0.864 bits per heavy atom. The van der Waals surface area contributed by atoms with Crippen LogP contribution in [0, 0.1) is 0 Å². The molecule has 0 spiro atoms. The zero-order chi connectivity index (χ0) is 30.8. The SMILES string of the molecule is O=P(COc1ccc(CC2(NCC(O)COc3ccc(O)cc3)CCCC2)cc1Br)(OC1CCCCC1)OC1CCCCC1. The minimum Gasteiger partial charge on any atom is -0.508 e. The van der Waals surface area contributed by atoms with Gasteiger partial charge >= 0.3 is 7.60 Å². The van der Waals surface area contributed by atoms with E-state index in [1.54, 1.807) is 24.3 Å². The number of hydrogen-bond acceptors (Lipinski definition) is 8. The van der Waals surface area contributed by atoms with E-state index in [1.165, 1.54) is 12.8 Å². The number of aliphatic hydroxyl groups excluding tert-OH is 1. The van der Waals surface area contributed by atoms with Crippen LogP contribution in [0.2, 0.25) is 0 Å². The molecule has 244 valence electrons. The maximum atomic E-state index is 14.0. The van der Waals surface area contributed by atoms with E-state index in [4.69, 9.17) is 18.5 Å². The molecule has 2 aromatic carbocycles. The Hall–Kier alpha value is -1.61. The first-order valence-electron chi connectivity index (χ1n) is 16.5. The Labute approximate surface area is 270 Å². The minimum absolute atomic E-state index is 0.0272. The molecule has 3 aliphatic rings. The third-order valence-corrected chi connectivity index (χ3v) is 11.5. The van der Waals surface area contributed by atoms with Crippen molar-refractivity contribution in [2.75, 3.05) is 19.5 Å². The van der Waals surface area contributed by atoms with Gasteiger partial charge in [0.25, 0.3) is 0 Å². The molecule has 1 unspecified atom stereocenters. The van der Waals surface area contributed by atoms with Gasteiger partial charge in [0.1, 0.15) is 30.0 Å². The number of hydrogen-bond donors (Lipinski definition) is 3. The molecule has 0 heterocycles. The number of aliphatic hydroxyl groups is 1. The Kier molecular flexibility index (Phi) is 12.5. The van der Waals surface area contributed by atoms with E-state index in [0.717, 1.165) is 93.5 Å². The Morgan fingerprint density at radius 2 is 1.48 bits per heavy atom. The number of phenols is 1. The van der Waals surface area contributed by atoms with E-state index in [0.29, 0.717) is 18.0 Å². The Morgan fingerprint density at radius 3 is 2.07 bits per heavy atom. The number of benzene rings is 2. The third kappa shape index (κ3) is 10.2. The fraction of sp³-hybridized carbons (Fsp3) is 0.647. The lowest BCUT2D eigenvalue weighted by atomic mass is 9.89. The van der Waals surface area contributed by atoms with Gasteiger partial charge in [-0.25, -0.2) is 0 Å². The smallest absolute Gasteiger partial charge is 0.368 e. The fourth-order valence-corrected chi connectivity index (χ4v) is 9.13. The second-order valence-corrected chi connectivity index (χ2v) is 15.6. The molecule has 10 heteroatoms. The molecule has 8 nitrogen and oxygen atoms in total. The Bertz CT molecular complexity index is 1190. The average Bonchev–Trinajstić information content (AvgIpc) is 3.49. The summed E-state index contributed by atoms with van der Waals surface area (Å²) in [5.41, 5.74) is 1.06. The molecule has 5 rings (SSSR count). The van der Waals surface area contributed by atoms with Crippen LogP contribution in [0.5, 0.6) is 17.2 Å². The molecule has 0 aliphatic heterocycles. The topological polar surface area (TPSA) is 106 Å². The van der Waals surface area contributed by atoms with Crippen LogP contribution in [0.4, 0.5) is 0 Å². The Balaban J connectivity index is 1.16. The van der Waals surface area contributed by atoms with Crippen molar-refractivity contribution in [2.24, 2.45) is 0 Å². The summed E-state index contributed by atoms with van der Waals surface area (Å²) in [6.45, 7) is 0.599. The molecule has 0 bridgehead atoms. The van der Waals surface area contributed by atoms with Crippen LogP contribution in [-0.2, 0) is 20.0 Å². The number of nitrogens with one attached hydrogen (secondary N) is 1. The first kappa shape index (κ1) is 33.7. The highest BCUT2D eigenvalue weighted by molar-refractivity contribution is 9.10. The summed E-state index contributed by atoms with van der Waals surface area (Å²) in [7, 11) is -3.43. The number of ether oxygens (including phenoxy) is 2. The summed E-state index contributed by atoms with van der Waals surface area (Å²) >= 11 is 3.70. The fourth-order valence-electron chi connectivity index (χ4n) is 6.79. The van der Waals surface area contributed by atoms with Gasteiger partial charge in [0.2, 0.25) is 0 Å². The van der Waals surface area contributed by atoms with Crippen LogP contribution in [0.3, 0.4) is 0 Å². The van der Waals surface area contributed by atoms with Crippen LogP contribution < -0.4 is 14.8 Å². The van der Waals surface area contributed by atoms with Crippen LogP contribution >= 0.6 is 23.5 Å². The number of β-amino-alcohol motifs (C(OH)–C–C–N with tert-alkyl or cyclic N) is 1. The van der Waals surface area contributed by atoms with Crippen molar-refractivity contribution >= 4 is 23.5 Å². The molecule has 3 N–H and O–H groups in total. The normalized spacial score (nSPS) is 20.4. The molecule has 0 saturated heterocycles. The lowest BCUT2D eigenvalue weighted by molar-refractivity contribution is 0.0710. The molecule has 1 atom stereocenters. The highest BCUT2D eigenvalue weighted by Crippen LogP contribution is 2.53. The quantitative estimate of drug-likeness (QED) is 0.160. The summed E-state index contributed by atoms with van der Waals surface area (Å²) in [6.07, 6.45) is 14.9. The number of halogens is 1. The summed E-state index contributed by atoms with van der Waals surface area (Å²) in [6, 6.07) is 12.6. The van der Waals surface area contributed by atoms with Crippen LogP contribution in [0.15, 0.2) is 46.9 Å². The number of phenolic OH excluding ortho intramolecular Hbond substituents is 1. The van der Waals surface area contributed by atoms with Crippen LogP contribution in [-0.4, -0.2) is 53.6 Å². The van der Waals surface area contributed by atoms with Gasteiger partial charge in [0.05, 0.1) is 16.7 Å². The maximum Gasteiger partial charge on any atom is 0.368 e. The van der Waals surface area contributed by atoms with Crippen LogP contribution in [0.1, 0.15) is 95.5 Å². The predicted octanol–water partition coefficient (Wildman–Crippen LogP) is 8.27. The van der Waals surface area contributed by atoms with Crippen molar-refractivity contribution < 1.29 is 33.3 Å². The minimum atomic E-state index is -3.43. The van der Waals surface area contributed by atoms with E-state index in [2.05, 4.69) is 33.4 Å². The summed E-state index contributed by atoms with van der Waals surface area (Å²) in [5, 5.41) is 23.7. The molecule has 0 amide bonds. The van der Waals surface area contributed by atoms with E-state index >= 15 is 0 Å². The first-order chi connectivity index (χ1) is 21.3. The average molecular weight is 695 g/mol. The van der Waals surface area contributed by atoms with Crippen molar-refractivity contribution in [3.8, 4) is 17.2 Å². The molecule has 3 aliphatic carbocycles. The van der Waals surface area contributed by atoms with E-state index in [9.17, 15) is 14.8 Å². The van der Waals surface area contributed by atoms with Crippen molar-refractivity contribution in [2.45, 2.75) is 120 Å². The molecular formula is C34H49BrNO7P. The third-order valence-electron chi connectivity index (χ3n) is 9.19. The van der Waals surface area contributed by atoms with Gasteiger partial charge in [-0.15, -0.1) is 0 Å². The lowest BCUT2D eigenvalue weighted by Crippen LogP contribution is -2.48. The van der Waals surface area contributed by atoms with Crippen molar-refractivity contribution in [1.82, 2.24) is 5.32 Å². The summed E-state index contributed by atoms with van der Waals surface area (Å²) < 4.78 is 39.1. The van der Waals surface area contributed by atoms with Crippen molar-refractivity contribution in [3.05, 3.63) is 52.5 Å². The lowest BCUT2D eigenvalue weighted by Gasteiger charge is -2.32. The standard InChI is InChI=1S/C34H49BrNO7P/c35-32-21-26(22-34(19-7-8-20-34)36-23-28(38)24-40-29-16-14-27(37)15-17-29)13-18-33(32)41-25-44(39,42-30-9-3-1-4-10-30)43-31-11-5-2-6-12-31/h13-18,21,28,30-31,36-38H,1-12,19-20,22-25H2. The summed E-state index contributed by atoms with van der Waals surface area (Å²) in [4.78, 5) is 0. The zero-order valence-corrected chi connectivity index (χ0v) is 28.2. The number of rotatable bonds is 15. The van der Waals surface area contributed by atoms with Crippen molar-refractivity contribution in [1.29, 1.82) is 0 Å². The molecule has 2 aromatic rings. The van der Waals surface area contributed by atoms with Gasteiger partial charge < -0.3 is 34.1 Å². The van der Waals surface area contributed by atoms with E-state index < -0.39 is 13.7 Å². The predicted molar refractivity (Wildman–Crippen MR) is 176 cm³/mol. The first-order valence-corrected chi connectivity index (χ1v) is 19.0. The second-order valence-electron chi connectivity index (χ2n) is 12.9. The largest absolute Gasteiger partial charge is 0.508 e. The molecule has 0 aromatic heterocycles. The van der Waals surface area contributed by atoms with Gasteiger partial charge in [-0.1, -0.05) is 57.4 Å². The molecule has 3 fully saturated rings. The zero-order valence-electron chi connectivity index (χ0n) is 25.8. The van der Waals surface area contributed by atoms with Gasteiger partial charge in [-0.3, -0.25) is 4.57 Å². The van der Waals surface area contributed by atoms with E-state index in [-0.39, 0.29) is 36.5 Å². The van der Waals surface area contributed by atoms with Gasteiger partial charge in [0, 0.05) is 12.1 Å². The molecular weight excluding hydrogens is 645 g/mol. The van der Waals surface area contributed by atoms with Crippen molar-refractivity contribution in [3.63, 3.8) is 0 Å².